The number of rotatable bonds is 2. The normalized spacial score (nSPS) is 14.4. The molecule has 0 saturated heterocycles. The summed E-state index contributed by atoms with van der Waals surface area (Å²) in [5.41, 5.74) is 1.29. The SMILES string of the molecule is CCCC1=CCc2ccccc2O1. The van der Waals surface area contributed by atoms with Gasteiger partial charge in [0.2, 0.25) is 0 Å². The lowest BCUT2D eigenvalue weighted by Gasteiger charge is -2.17. The first-order valence-electron chi connectivity index (χ1n) is 4.85. The van der Waals surface area contributed by atoms with E-state index in [-0.39, 0.29) is 0 Å². The van der Waals surface area contributed by atoms with E-state index in [9.17, 15) is 0 Å². The fourth-order valence-electron chi connectivity index (χ4n) is 1.58. The second kappa shape index (κ2) is 3.65. The predicted octanol–water partition coefficient (Wildman–Crippen LogP) is 3.31. The minimum atomic E-state index is 1.02. The molecule has 68 valence electrons. The Hall–Kier alpha value is -1.24. The van der Waals surface area contributed by atoms with Crippen LogP contribution in [-0.4, -0.2) is 0 Å². The van der Waals surface area contributed by atoms with Crippen molar-refractivity contribution in [3.8, 4) is 5.75 Å². The first-order chi connectivity index (χ1) is 6.40. The van der Waals surface area contributed by atoms with Gasteiger partial charge in [-0.2, -0.15) is 0 Å². The van der Waals surface area contributed by atoms with Crippen molar-refractivity contribution in [2.75, 3.05) is 0 Å². The Balaban J connectivity index is 2.18. The fourth-order valence-corrected chi connectivity index (χ4v) is 1.58. The molecule has 0 fully saturated rings. The largest absolute Gasteiger partial charge is 0.462 e. The van der Waals surface area contributed by atoms with Crippen molar-refractivity contribution >= 4 is 0 Å². The third-order valence-corrected chi connectivity index (χ3v) is 2.26. The molecule has 1 aromatic rings. The summed E-state index contributed by atoms with van der Waals surface area (Å²) in [5.74, 6) is 2.16. The number of hydrogen-bond acceptors (Lipinski definition) is 1. The molecule has 1 aliphatic heterocycles. The molecule has 0 aliphatic carbocycles. The molecule has 1 aliphatic rings. The van der Waals surface area contributed by atoms with Gasteiger partial charge >= 0.3 is 0 Å². The third kappa shape index (κ3) is 1.74. The highest BCUT2D eigenvalue weighted by Gasteiger charge is 2.09. The lowest BCUT2D eigenvalue weighted by Crippen LogP contribution is -2.03. The molecule has 0 unspecified atom stereocenters. The van der Waals surface area contributed by atoms with Crippen molar-refractivity contribution in [3.63, 3.8) is 0 Å². The smallest absolute Gasteiger partial charge is 0.130 e. The average molecular weight is 174 g/mol. The van der Waals surface area contributed by atoms with E-state index < -0.39 is 0 Å². The molecule has 0 saturated carbocycles. The summed E-state index contributed by atoms with van der Waals surface area (Å²) in [7, 11) is 0. The zero-order valence-electron chi connectivity index (χ0n) is 7.92. The first-order valence-corrected chi connectivity index (χ1v) is 4.85. The summed E-state index contributed by atoms with van der Waals surface area (Å²) in [6.07, 6.45) is 5.40. The molecule has 1 nitrogen and oxygen atoms in total. The van der Waals surface area contributed by atoms with Crippen LogP contribution < -0.4 is 4.74 Å². The molecule has 1 aromatic carbocycles. The molecule has 1 heteroatoms. The molecule has 0 spiro atoms. The second-order valence-corrected chi connectivity index (χ2v) is 3.33. The molecular weight excluding hydrogens is 160 g/mol. The molecule has 0 radical (unpaired) electrons. The van der Waals surface area contributed by atoms with E-state index in [2.05, 4.69) is 25.1 Å². The fraction of sp³-hybridized carbons (Fsp3) is 0.333. The second-order valence-electron chi connectivity index (χ2n) is 3.33. The van der Waals surface area contributed by atoms with Crippen LogP contribution in [0.1, 0.15) is 25.3 Å². The maximum atomic E-state index is 5.73. The van der Waals surface area contributed by atoms with Crippen molar-refractivity contribution in [2.24, 2.45) is 0 Å². The topological polar surface area (TPSA) is 9.23 Å². The number of allylic oxidation sites excluding steroid dienone is 2. The highest BCUT2D eigenvalue weighted by molar-refractivity contribution is 5.38. The van der Waals surface area contributed by atoms with Crippen LogP contribution in [0.25, 0.3) is 0 Å². The molecule has 0 aromatic heterocycles. The van der Waals surface area contributed by atoms with Gasteiger partial charge in [-0.05, 0) is 30.5 Å². The van der Waals surface area contributed by atoms with Gasteiger partial charge in [0.05, 0.1) is 0 Å². The minimum absolute atomic E-state index is 1.02. The lowest BCUT2D eigenvalue weighted by molar-refractivity contribution is 0.387. The van der Waals surface area contributed by atoms with Crippen LogP contribution in [-0.2, 0) is 6.42 Å². The minimum Gasteiger partial charge on any atom is -0.462 e. The molecule has 13 heavy (non-hydrogen) atoms. The Morgan fingerprint density at radius 3 is 3.00 bits per heavy atom. The zero-order chi connectivity index (χ0) is 9.10. The Bertz CT molecular complexity index is 326. The van der Waals surface area contributed by atoms with Crippen LogP contribution >= 0.6 is 0 Å². The van der Waals surface area contributed by atoms with Crippen molar-refractivity contribution in [1.82, 2.24) is 0 Å². The monoisotopic (exact) mass is 174 g/mol. The highest BCUT2D eigenvalue weighted by atomic mass is 16.5. The van der Waals surface area contributed by atoms with Gasteiger partial charge in [-0.3, -0.25) is 0 Å². The standard InChI is InChI=1S/C12H14O/c1-2-5-11-9-8-10-6-3-4-7-12(10)13-11/h3-4,6-7,9H,2,5,8H2,1H3. The van der Waals surface area contributed by atoms with Gasteiger partial charge in [0.1, 0.15) is 11.5 Å². The molecule has 0 N–H and O–H groups in total. The Kier molecular flexibility index (Phi) is 2.35. The third-order valence-electron chi connectivity index (χ3n) is 2.26. The number of para-hydroxylation sites is 1. The van der Waals surface area contributed by atoms with Crippen molar-refractivity contribution in [3.05, 3.63) is 41.7 Å². The molecule has 0 amide bonds. The van der Waals surface area contributed by atoms with Gasteiger partial charge in [0.15, 0.2) is 0 Å². The van der Waals surface area contributed by atoms with E-state index in [1.165, 1.54) is 5.56 Å². The number of ether oxygens (including phenoxy) is 1. The summed E-state index contributed by atoms with van der Waals surface area (Å²) < 4.78 is 5.73. The van der Waals surface area contributed by atoms with Crippen LogP contribution in [0, 0.1) is 0 Å². The number of hydrogen-bond donors (Lipinski definition) is 0. The van der Waals surface area contributed by atoms with Crippen LogP contribution in [0.5, 0.6) is 5.75 Å². The van der Waals surface area contributed by atoms with Crippen LogP contribution in [0.15, 0.2) is 36.1 Å². The summed E-state index contributed by atoms with van der Waals surface area (Å²) in [4.78, 5) is 0. The van der Waals surface area contributed by atoms with Gasteiger partial charge in [0, 0.05) is 6.42 Å². The van der Waals surface area contributed by atoms with Gasteiger partial charge in [0.25, 0.3) is 0 Å². The Morgan fingerprint density at radius 2 is 2.15 bits per heavy atom. The van der Waals surface area contributed by atoms with E-state index in [4.69, 9.17) is 4.74 Å². The first kappa shape index (κ1) is 8.36. The van der Waals surface area contributed by atoms with Crippen molar-refractivity contribution in [2.45, 2.75) is 26.2 Å². The van der Waals surface area contributed by atoms with Crippen molar-refractivity contribution in [1.29, 1.82) is 0 Å². The highest BCUT2D eigenvalue weighted by Crippen LogP contribution is 2.27. The summed E-state index contributed by atoms with van der Waals surface area (Å²) in [5, 5.41) is 0. The van der Waals surface area contributed by atoms with E-state index in [1.807, 2.05) is 12.1 Å². The van der Waals surface area contributed by atoms with E-state index in [0.29, 0.717) is 0 Å². The molecule has 0 atom stereocenters. The molecule has 2 rings (SSSR count). The summed E-state index contributed by atoms with van der Waals surface area (Å²) >= 11 is 0. The van der Waals surface area contributed by atoms with E-state index in [0.717, 1.165) is 30.8 Å². The van der Waals surface area contributed by atoms with E-state index in [1.54, 1.807) is 0 Å². The molecular formula is C12H14O. The van der Waals surface area contributed by atoms with Gasteiger partial charge in [-0.1, -0.05) is 25.1 Å². The van der Waals surface area contributed by atoms with E-state index >= 15 is 0 Å². The predicted molar refractivity (Wildman–Crippen MR) is 53.8 cm³/mol. The molecule has 1 heterocycles. The maximum Gasteiger partial charge on any atom is 0.130 e. The summed E-state index contributed by atoms with van der Waals surface area (Å²) in [6.45, 7) is 2.17. The Morgan fingerprint density at radius 1 is 1.31 bits per heavy atom. The van der Waals surface area contributed by atoms with Crippen molar-refractivity contribution < 1.29 is 4.74 Å². The number of benzene rings is 1. The van der Waals surface area contributed by atoms with Crippen LogP contribution in [0.2, 0.25) is 0 Å². The van der Waals surface area contributed by atoms with Gasteiger partial charge < -0.3 is 4.74 Å². The maximum absolute atomic E-state index is 5.73. The zero-order valence-corrected chi connectivity index (χ0v) is 7.92. The van der Waals surface area contributed by atoms with Crippen LogP contribution in [0.3, 0.4) is 0 Å². The Labute approximate surface area is 79.0 Å². The average Bonchev–Trinajstić information content (AvgIpc) is 2.18. The molecule has 0 bridgehead atoms. The quantitative estimate of drug-likeness (QED) is 0.668. The number of fused-ring (bicyclic) bond motifs is 1. The van der Waals surface area contributed by atoms with Crippen LogP contribution in [0.4, 0.5) is 0 Å². The lowest BCUT2D eigenvalue weighted by atomic mass is 10.1. The summed E-state index contributed by atoms with van der Waals surface area (Å²) in [6, 6.07) is 8.24. The van der Waals surface area contributed by atoms with Gasteiger partial charge in [-0.15, -0.1) is 0 Å². The van der Waals surface area contributed by atoms with Gasteiger partial charge in [-0.25, -0.2) is 0 Å².